The number of nitrogens with zero attached hydrogens (tertiary/aromatic N) is 4. The topological polar surface area (TPSA) is 52.2 Å². The maximum absolute atomic E-state index is 13.6. The lowest BCUT2D eigenvalue weighted by atomic mass is 10.1. The number of para-hydroxylation sites is 2. The van der Waals surface area contributed by atoms with Crippen LogP contribution in [-0.4, -0.2) is 32.3 Å². The zero-order valence-corrected chi connectivity index (χ0v) is 20.4. The number of benzene rings is 2. The largest absolute Gasteiger partial charge is 0.361 e. The first-order valence-electron chi connectivity index (χ1n) is 11.7. The van der Waals surface area contributed by atoms with Crippen LogP contribution in [0.5, 0.6) is 0 Å². The SMILES string of the molecule is Cc1cc(C(=O)CN2c3ccccc3C[C@@H]2C)c(C)n1-c1c(C)n(C)n(-c2ccccc2)c1=O. The fourth-order valence-electron chi connectivity index (χ4n) is 5.31. The average molecular weight is 455 g/mol. The van der Waals surface area contributed by atoms with E-state index in [1.165, 1.54) is 5.56 Å². The lowest BCUT2D eigenvalue weighted by molar-refractivity contribution is 0.0997. The number of hydrogen-bond donors (Lipinski definition) is 0. The molecule has 0 radical (unpaired) electrons. The highest BCUT2D eigenvalue weighted by molar-refractivity contribution is 6.01. The number of aromatic nitrogens is 3. The van der Waals surface area contributed by atoms with Crippen molar-refractivity contribution < 1.29 is 4.79 Å². The van der Waals surface area contributed by atoms with Crippen molar-refractivity contribution in [2.45, 2.75) is 40.2 Å². The molecule has 34 heavy (non-hydrogen) atoms. The number of rotatable bonds is 5. The minimum Gasteiger partial charge on any atom is -0.361 e. The highest BCUT2D eigenvalue weighted by atomic mass is 16.1. The number of carbonyl (C=O) groups excluding carboxylic acids is 1. The molecule has 0 unspecified atom stereocenters. The van der Waals surface area contributed by atoms with Gasteiger partial charge in [-0.15, -0.1) is 0 Å². The van der Waals surface area contributed by atoms with Crippen LogP contribution < -0.4 is 10.5 Å². The van der Waals surface area contributed by atoms with E-state index in [1.807, 2.05) is 79.5 Å². The maximum atomic E-state index is 13.6. The summed E-state index contributed by atoms with van der Waals surface area (Å²) in [5.41, 5.74) is 6.91. The highest BCUT2D eigenvalue weighted by Gasteiger charge is 2.29. The minimum atomic E-state index is -0.103. The molecule has 5 rings (SSSR count). The van der Waals surface area contributed by atoms with Gasteiger partial charge in [0, 0.05) is 35.7 Å². The molecule has 0 amide bonds. The predicted octanol–water partition coefficient (Wildman–Crippen LogP) is 4.53. The van der Waals surface area contributed by atoms with Crippen LogP contribution in [0.2, 0.25) is 0 Å². The standard InChI is InChI=1S/C28H30N4O2/c1-18-15-22-11-9-10-14-25(22)30(18)17-26(33)24-16-19(2)31(20(24)3)27-21(4)29(5)32(28(27)34)23-12-7-6-8-13-23/h6-14,16,18H,15,17H2,1-5H3/t18-/m0/s1. The summed E-state index contributed by atoms with van der Waals surface area (Å²) < 4.78 is 5.48. The lowest BCUT2D eigenvalue weighted by Gasteiger charge is -2.24. The number of ketones is 1. The first-order valence-corrected chi connectivity index (χ1v) is 11.7. The molecule has 6 nitrogen and oxygen atoms in total. The lowest BCUT2D eigenvalue weighted by Crippen LogP contribution is -2.34. The molecule has 1 aliphatic heterocycles. The monoisotopic (exact) mass is 454 g/mol. The van der Waals surface area contributed by atoms with E-state index in [1.54, 1.807) is 4.68 Å². The molecule has 174 valence electrons. The Hall–Kier alpha value is -3.80. The Labute approximate surface area is 199 Å². The summed E-state index contributed by atoms with van der Waals surface area (Å²) in [6.45, 7) is 8.32. The molecule has 0 saturated carbocycles. The van der Waals surface area contributed by atoms with Crippen molar-refractivity contribution in [3.05, 3.63) is 99.2 Å². The van der Waals surface area contributed by atoms with Gasteiger partial charge in [0.2, 0.25) is 0 Å². The van der Waals surface area contributed by atoms with Crippen molar-refractivity contribution in [1.29, 1.82) is 0 Å². The molecular weight excluding hydrogens is 424 g/mol. The second-order valence-electron chi connectivity index (χ2n) is 9.26. The van der Waals surface area contributed by atoms with Crippen LogP contribution in [0.4, 0.5) is 5.69 Å². The maximum Gasteiger partial charge on any atom is 0.295 e. The van der Waals surface area contributed by atoms with Gasteiger partial charge in [0.15, 0.2) is 5.78 Å². The molecular formula is C28H30N4O2. The predicted molar refractivity (Wildman–Crippen MR) is 136 cm³/mol. The third kappa shape index (κ3) is 3.33. The van der Waals surface area contributed by atoms with Gasteiger partial charge in [0.1, 0.15) is 5.69 Å². The fourth-order valence-corrected chi connectivity index (χ4v) is 5.31. The minimum absolute atomic E-state index is 0.0693. The summed E-state index contributed by atoms with van der Waals surface area (Å²) in [5, 5.41) is 0. The zero-order valence-electron chi connectivity index (χ0n) is 20.4. The Kier molecular flexibility index (Phi) is 5.31. The van der Waals surface area contributed by atoms with Crippen LogP contribution in [0, 0.1) is 20.8 Å². The quantitative estimate of drug-likeness (QED) is 0.417. The van der Waals surface area contributed by atoms with Crippen LogP contribution in [0.25, 0.3) is 11.4 Å². The number of hydrogen-bond acceptors (Lipinski definition) is 3. The Balaban J connectivity index is 1.54. The van der Waals surface area contributed by atoms with Crippen LogP contribution in [-0.2, 0) is 13.5 Å². The van der Waals surface area contributed by atoms with E-state index in [2.05, 4.69) is 30.0 Å². The molecule has 0 aliphatic carbocycles. The van der Waals surface area contributed by atoms with Gasteiger partial charge in [-0.1, -0.05) is 36.4 Å². The van der Waals surface area contributed by atoms with Crippen LogP contribution in [0.1, 0.15) is 39.9 Å². The normalized spacial score (nSPS) is 15.1. The number of Topliss-reactive ketones (excluding diaryl/α,β-unsaturated/α-hetero) is 1. The Morgan fingerprint density at radius 1 is 0.971 bits per heavy atom. The smallest absolute Gasteiger partial charge is 0.295 e. The van der Waals surface area contributed by atoms with E-state index in [4.69, 9.17) is 0 Å². The number of fused-ring (bicyclic) bond motifs is 1. The van der Waals surface area contributed by atoms with E-state index >= 15 is 0 Å². The first-order chi connectivity index (χ1) is 16.3. The van der Waals surface area contributed by atoms with Crippen molar-refractivity contribution in [2.75, 3.05) is 11.4 Å². The highest BCUT2D eigenvalue weighted by Crippen LogP contribution is 2.32. The Morgan fingerprint density at radius 2 is 1.65 bits per heavy atom. The molecule has 0 fully saturated rings. The van der Waals surface area contributed by atoms with Crippen molar-refractivity contribution in [3.8, 4) is 11.4 Å². The summed E-state index contributed by atoms with van der Waals surface area (Å²) >= 11 is 0. The molecule has 6 heteroatoms. The molecule has 1 atom stereocenters. The van der Waals surface area contributed by atoms with Crippen LogP contribution >= 0.6 is 0 Å². The van der Waals surface area contributed by atoms with Gasteiger partial charge in [-0.25, -0.2) is 4.68 Å². The van der Waals surface area contributed by atoms with E-state index in [0.717, 1.165) is 34.9 Å². The van der Waals surface area contributed by atoms with Gasteiger partial charge in [0.25, 0.3) is 5.56 Å². The number of aryl methyl sites for hydroxylation is 1. The van der Waals surface area contributed by atoms with E-state index in [9.17, 15) is 9.59 Å². The van der Waals surface area contributed by atoms with E-state index in [-0.39, 0.29) is 17.4 Å². The van der Waals surface area contributed by atoms with Crippen molar-refractivity contribution >= 4 is 11.5 Å². The number of anilines is 1. The third-order valence-electron chi connectivity index (χ3n) is 7.14. The van der Waals surface area contributed by atoms with Crippen molar-refractivity contribution in [1.82, 2.24) is 13.9 Å². The number of carbonyl (C=O) groups is 1. The summed E-state index contributed by atoms with van der Waals surface area (Å²) in [4.78, 5) is 29.3. The summed E-state index contributed by atoms with van der Waals surface area (Å²) in [5.74, 6) is 0.0693. The molecule has 0 N–H and O–H groups in total. The van der Waals surface area contributed by atoms with Gasteiger partial charge in [-0.2, -0.15) is 0 Å². The van der Waals surface area contributed by atoms with Gasteiger partial charge in [-0.05, 0) is 63.9 Å². The summed E-state index contributed by atoms with van der Waals surface area (Å²) in [6, 6.07) is 20.1. The van der Waals surface area contributed by atoms with Crippen LogP contribution in [0.15, 0.2) is 65.5 Å². The van der Waals surface area contributed by atoms with Gasteiger partial charge in [-0.3, -0.25) is 14.3 Å². The molecule has 0 spiro atoms. The molecule has 3 heterocycles. The van der Waals surface area contributed by atoms with Crippen molar-refractivity contribution in [2.24, 2.45) is 7.05 Å². The molecule has 2 aromatic heterocycles. The first kappa shape index (κ1) is 22.0. The Morgan fingerprint density at radius 3 is 2.38 bits per heavy atom. The van der Waals surface area contributed by atoms with Gasteiger partial charge < -0.3 is 9.47 Å². The van der Waals surface area contributed by atoms with E-state index < -0.39 is 0 Å². The second-order valence-corrected chi connectivity index (χ2v) is 9.26. The summed E-state index contributed by atoms with van der Waals surface area (Å²) in [7, 11) is 1.89. The molecule has 1 aliphatic rings. The van der Waals surface area contributed by atoms with Crippen LogP contribution in [0.3, 0.4) is 0 Å². The Bertz CT molecular complexity index is 1460. The second kappa shape index (κ2) is 8.20. The fraction of sp³-hybridized carbons (Fsp3) is 0.286. The molecule has 4 aromatic rings. The summed E-state index contributed by atoms with van der Waals surface area (Å²) in [6.07, 6.45) is 0.949. The average Bonchev–Trinajstić information content (AvgIpc) is 3.38. The zero-order chi connectivity index (χ0) is 24.1. The molecule has 0 bridgehead atoms. The molecule has 0 saturated heterocycles. The molecule has 2 aromatic carbocycles. The van der Waals surface area contributed by atoms with Gasteiger partial charge in [0.05, 0.1) is 17.9 Å². The van der Waals surface area contributed by atoms with Crippen molar-refractivity contribution in [3.63, 3.8) is 0 Å². The van der Waals surface area contributed by atoms with Gasteiger partial charge >= 0.3 is 0 Å². The third-order valence-corrected chi connectivity index (χ3v) is 7.14. The van der Waals surface area contributed by atoms with E-state index in [0.29, 0.717) is 17.8 Å².